The second-order valence-electron chi connectivity index (χ2n) is 1.01. The first-order valence-electron chi connectivity index (χ1n) is 1.89. The molecule has 0 aromatic rings. The molecule has 0 saturated heterocycles. The van der Waals surface area contributed by atoms with E-state index in [9.17, 15) is 0 Å². The molecule has 0 aliphatic heterocycles. The number of hydrogen-bond acceptors (Lipinski definition) is 5. The van der Waals surface area contributed by atoms with E-state index in [2.05, 4.69) is 8.23 Å². The van der Waals surface area contributed by atoms with Crippen LogP contribution in [0.1, 0.15) is 0 Å². The molecule has 8 heavy (non-hydrogen) atoms. The van der Waals surface area contributed by atoms with E-state index in [0.29, 0.717) is 10.5 Å². The van der Waals surface area contributed by atoms with Crippen molar-refractivity contribution in [2.75, 3.05) is 0 Å². The summed E-state index contributed by atoms with van der Waals surface area (Å²) < 4.78 is 8.54. The van der Waals surface area contributed by atoms with Crippen LogP contribution in [0.5, 0.6) is 0 Å². The fourth-order valence-electron chi connectivity index (χ4n) is 0.160. The van der Waals surface area contributed by atoms with Crippen molar-refractivity contribution in [2.24, 2.45) is 0 Å². The van der Waals surface area contributed by atoms with Crippen molar-refractivity contribution in [3.63, 3.8) is 0 Å². The van der Waals surface area contributed by atoms with Gasteiger partial charge in [-0.2, -0.15) is 0 Å². The van der Waals surface area contributed by atoms with Crippen molar-refractivity contribution in [3.8, 4) is 0 Å². The van der Waals surface area contributed by atoms with E-state index in [1.54, 1.807) is 0 Å². The summed E-state index contributed by atoms with van der Waals surface area (Å²) in [6, 6.07) is 0. The molecule has 0 heterocycles. The minimum absolute atomic E-state index is 0.365. The van der Waals surface area contributed by atoms with E-state index in [0.717, 1.165) is 0 Å². The quantitative estimate of drug-likeness (QED) is 0.376. The van der Waals surface area contributed by atoms with Crippen LogP contribution in [0.3, 0.4) is 0 Å². The first kappa shape index (κ1) is 8.45. The monoisotopic (exact) mass is 172 g/mol. The van der Waals surface area contributed by atoms with E-state index in [4.69, 9.17) is 14.4 Å². The minimum atomic E-state index is -3.04. The summed E-state index contributed by atoms with van der Waals surface area (Å²) in [4.78, 5) is 24.7. The molecule has 8 heteroatoms. The number of rotatable bonds is 3. The van der Waals surface area contributed by atoms with Crippen LogP contribution in [0, 0.1) is 0 Å². The lowest BCUT2D eigenvalue weighted by atomic mass is 15.7. The molecule has 0 aromatic carbocycles. The van der Waals surface area contributed by atoms with Crippen molar-refractivity contribution < 1.29 is 22.6 Å². The Bertz CT molecular complexity index is 53.6. The highest BCUT2D eigenvalue weighted by Crippen LogP contribution is 1.79. The van der Waals surface area contributed by atoms with Crippen LogP contribution in [-0.4, -0.2) is 43.9 Å². The Labute approximate surface area is 53.0 Å². The SMILES string of the molecule is O[SiH](O)O[Si@@H](O)O[SiH3]. The zero-order valence-corrected chi connectivity index (χ0v) is 8.62. The Balaban J connectivity index is 3.10. The molecule has 0 fully saturated rings. The van der Waals surface area contributed by atoms with Gasteiger partial charge in [0.25, 0.3) is 0 Å². The Morgan fingerprint density at radius 2 is 1.75 bits per heavy atom. The highest BCUT2D eigenvalue weighted by Gasteiger charge is 2.12. The predicted octanol–water partition coefficient (Wildman–Crippen LogP) is -4.29. The average molecular weight is 172 g/mol. The largest absolute Gasteiger partial charge is 0.471 e. The lowest BCUT2D eigenvalue weighted by Gasteiger charge is -2.06. The van der Waals surface area contributed by atoms with Crippen LogP contribution >= 0.6 is 0 Å². The van der Waals surface area contributed by atoms with Gasteiger partial charge in [-0.05, 0) is 0 Å². The van der Waals surface area contributed by atoms with Gasteiger partial charge in [0.15, 0.2) is 0 Å². The fourth-order valence-corrected chi connectivity index (χ4v) is 2.44. The van der Waals surface area contributed by atoms with Crippen LogP contribution < -0.4 is 0 Å². The van der Waals surface area contributed by atoms with Crippen molar-refractivity contribution in [2.45, 2.75) is 0 Å². The second kappa shape index (κ2) is 4.34. The van der Waals surface area contributed by atoms with E-state index in [1.807, 2.05) is 0 Å². The van der Waals surface area contributed by atoms with E-state index in [1.165, 1.54) is 0 Å². The van der Waals surface area contributed by atoms with Crippen LogP contribution in [0.4, 0.5) is 0 Å². The maximum absolute atomic E-state index is 8.47. The minimum Gasteiger partial charge on any atom is -0.427 e. The zero-order chi connectivity index (χ0) is 6.57. The van der Waals surface area contributed by atoms with Gasteiger partial charge in [-0.1, -0.05) is 0 Å². The molecule has 0 saturated carbocycles. The van der Waals surface area contributed by atoms with Crippen LogP contribution in [0.2, 0.25) is 0 Å². The van der Waals surface area contributed by atoms with Gasteiger partial charge in [0.05, 0.1) is 0 Å². The van der Waals surface area contributed by atoms with Gasteiger partial charge in [-0.15, -0.1) is 0 Å². The molecular formula is H8O5Si3. The van der Waals surface area contributed by atoms with Gasteiger partial charge in [-0.25, -0.2) is 0 Å². The van der Waals surface area contributed by atoms with Crippen molar-refractivity contribution >= 4 is 29.5 Å². The summed E-state index contributed by atoms with van der Waals surface area (Å²) in [6.45, 7) is 0. The van der Waals surface area contributed by atoms with Crippen LogP contribution in [0.15, 0.2) is 0 Å². The average Bonchev–Trinajstić information content (AvgIpc) is 1.65. The van der Waals surface area contributed by atoms with E-state index < -0.39 is 19.1 Å². The normalized spacial score (nSPS) is 15.0. The summed E-state index contributed by atoms with van der Waals surface area (Å²) in [5.74, 6) is 0. The molecule has 1 atom stereocenters. The zero-order valence-electron chi connectivity index (χ0n) is 4.31. The molecule has 0 unspecified atom stereocenters. The Kier molecular flexibility index (Phi) is 4.59. The van der Waals surface area contributed by atoms with Gasteiger partial charge in [-0.3, -0.25) is 0 Å². The third kappa shape index (κ3) is 4.61. The van der Waals surface area contributed by atoms with E-state index >= 15 is 0 Å². The maximum atomic E-state index is 8.47. The van der Waals surface area contributed by atoms with Gasteiger partial charge in [0.1, 0.15) is 10.5 Å². The first-order valence-corrected chi connectivity index (χ1v) is 5.67. The molecule has 0 aromatic heterocycles. The smallest absolute Gasteiger partial charge is 0.427 e. The summed E-state index contributed by atoms with van der Waals surface area (Å²) in [5, 5.41) is 0. The third-order valence-electron chi connectivity index (χ3n) is 0.440. The summed E-state index contributed by atoms with van der Waals surface area (Å²) >= 11 is 0. The van der Waals surface area contributed by atoms with Gasteiger partial charge in [0.2, 0.25) is 0 Å². The summed E-state index contributed by atoms with van der Waals surface area (Å²) in [5.41, 5.74) is 0. The molecule has 0 aliphatic carbocycles. The molecule has 0 bridgehead atoms. The Hall–Kier alpha value is 0.451. The standard InChI is InChI=1S/H8O5Si3/c1-7(2)5-8(3)4-6/h1-3,7-8H,6H3/t8-/m0/s1. The third-order valence-corrected chi connectivity index (χ3v) is 3.96. The van der Waals surface area contributed by atoms with Crippen molar-refractivity contribution in [3.05, 3.63) is 0 Å². The molecule has 50 valence electrons. The number of hydrogen-bond donors (Lipinski definition) is 3. The first-order chi connectivity index (χ1) is 3.66. The highest BCUT2D eigenvalue weighted by atomic mass is 28.4. The molecule has 0 amide bonds. The molecule has 0 radical (unpaired) electrons. The summed E-state index contributed by atoms with van der Waals surface area (Å²) in [6.07, 6.45) is 0. The van der Waals surface area contributed by atoms with Gasteiger partial charge < -0.3 is 22.6 Å². The van der Waals surface area contributed by atoms with Gasteiger partial charge in [0, 0.05) is 0 Å². The summed E-state index contributed by atoms with van der Waals surface area (Å²) in [7, 11) is -5.29. The van der Waals surface area contributed by atoms with Crippen molar-refractivity contribution in [1.82, 2.24) is 0 Å². The highest BCUT2D eigenvalue weighted by molar-refractivity contribution is 6.51. The molecule has 0 aliphatic rings. The van der Waals surface area contributed by atoms with Gasteiger partial charge >= 0.3 is 19.1 Å². The Morgan fingerprint density at radius 3 is 1.88 bits per heavy atom. The molecule has 0 spiro atoms. The lowest BCUT2D eigenvalue weighted by Crippen LogP contribution is -2.31. The van der Waals surface area contributed by atoms with Crippen LogP contribution in [0.25, 0.3) is 0 Å². The van der Waals surface area contributed by atoms with E-state index in [-0.39, 0.29) is 0 Å². The fraction of sp³-hybridized carbons (Fsp3) is 0. The molecule has 5 nitrogen and oxygen atoms in total. The van der Waals surface area contributed by atoms with Crippen molar-refractivity contribution in [1.29, 1.82) is 0 Å². The predicted molar refractivity (Wildman–Crippen MR) is 33.1 cm³/mol. The lowest BCUT2D eigenvalue weighted by molar-refractivity contribution is 0.223. The molecule has 3 N–H and O–H groups in total. The molecule has 0 rings (SSSR count). The topological polar surface area (TPSA) is 79.2 Å². The Morgan fingerprint density at radius 1 is 1.25 bits per heavy atom. The van der Waals surface area contributed by atoms with Crippen LogP contribution in [-0.2, 0) is 8.23 Å². The second-order valence-corrected chi connectivity index (χ2v) is 5.25. The molecular weight excluding hydrogens is 164 g/mol. The maximum Gasteiger partial charge on any atom is 0.471 e.